The number of aromatic nitrogens is 2. The van der Waals surface area contributed by atoms with Gasteiger partial charge in [0.2, 0.25) is 0 Å². The van der Waals surface area contributed by atoms with E-state index >= 15 is 0 Å². The number of hydrogen-bond acceptors (Lipinski definition) is 3. The van der Waals surface area contributed by atoms with Crippen molar-refractivity contribution in [1.29, 1.82) is 0 Å². The van der Waals surface area contributed by atoms with E-state index in [2.05, 4.69) is 4.98 Å². The molecule has 0 saturated carbocycles. The molecule has 0 aliphatic carbocycles. The maximum absolute atomic E-state index is 12.7. The molecular formula is C20H17F3N2O3. The molecule has 0 unspecified atom stereocenters. The third kappa shape index (κ3) is 5.20. The van der Waals surface area contributed by atoms with Gasteiger partial charge in [0.05, 0.1) is 36.4 Å². The summed E-state index contributed by atoms with van der Waals surface area (Å²) in [4.78, 5) is 15.1. The number of nitrogens with zero attached hydrogens (tertiary/aromatic N) is 2. The molecular weight excluding hydrogens is 373 g/mol. The van der Waals surface area contributed by atoms with Crippen LogP contribution < -0.4 is 0 Å². The predicted molar refractivity (Wildman–Crippen MR) is 94.7 cm³/mol. The monoisotopic (exact) mass is 390 g/mol. The molecule has 0 aliphatic rings. The first-order valence-corrected chi connectivity index (χ1v) is 8.38. The van der Waals surface area contributed by atoms with Gasteiger partial charge in [-0.05, 0) is 35.4 Å². The van der Waals surface area contributed by atoms with Crippen LogP contribution in [0.25, 0.3) is 0 Å². The maximum atomic E-state index is 12.7. The zero-order valence-corrected chi connectivity index (χ0v) is 14.7. The van der Waals surface area contributed by atoms with Crippen LogP contribution in [0.1, 0.15) is 32.7 Å². The summed E-state index contributed by atoms with van der Waals surface area (Å²) in [6.45, 7) is 0.731. The van der Waals surface area contributed by atoms with Gasteiger partial charge in [-0.3, -0.25) is 0 Å². The molecule has 1 heterocycles. The lowest BCUT2D eigenvalue weighted by atomic mass is 10.1. The Morgan fingerprint density at radius 1 is 1.07 bits per heavy atom. The Morgan fingerprint density at radius 3 is 2.50 bits per heavy atom. The van der Waals surface area contributed by atoms with E-state index in [1.165, 1.54) is 18.2 Å². The summed E-state index contributed by atoms with van der Waals surface area (Å²) in [6.07, 6.45) is -0.983. The van der Waals surface area contributed by atoms with Crippen molar-refractivity contribution in [1.82, 2.24) is 9.55 Å². The molecule has 0 atom stereocenters. The van der Waals surface area contributed by atoms with Crippen molar-refractivity contribution in [2.75, 3.05) is 0 Å². The quantitative estimate of drug-likeness (QED) is 0.651. The predicted octanol–water partition coefficient (Wildman–Crippen LogP) is 4.37. The number of carboxylic acid groups (broad SMARTS) is 1. The van der Waals surface area contributed by atoms with Crippen molar-refractivity contribution < 1.29 is 27.8 Å². The molecule has 1 aromatic heterocycles. The molecule has 0 bridgehead atoms. The van der Waals surface area contributed by atoms with Crippen LogP contribution in [-0.2, 0) is 30.7 Å². The minimum Gasteiger partial charge on any atom is -0.478 e. The number of hydrogen-bond donors (Lipinski definition) is 1. The van der Waals surface area contributed by atoms with Crippen molar-refractivity contribution in [3.8, 4) is 0 Å². The summed E-state index contributed by atoms with van der Waals surface area (Å²) in [6, 6.07) is 11.6. The van der Waals surface area contributed by atoms with Gasteiger partial charge < -0.3 is 14.4 Å². The molecule has 0 fully saturated rings. The Morgan fingerprint density at radius 2 is 1.82 bits per heavy atom. The molecule has 0 radical (unpaired) electrons. The van der Waals surface area contributed by atoms with E-state index in [4.69, 9.17) is 9.84 Å². The normalized spacial score (nSPS) is 11.5. The number of alkyl halides is 3. The summed E-state index contributed by atoms with van der Waals surface area (Å²) in [7, 11) is 0. The minimum atomic E-state index is -4.38. The second-order valence-corrected chi connectivity index (χ2v) is 6.23. The number of aromatic carboxylic acids is 1. The fourth-order valence-corrected chi connectivity index (χ4v) is 2.64. The molecule has 2 aromatic carbocycles. The van der Waals surface area contributed by atoms with Crippen molar-refractivity contribution in [3.05, 3.63) is 89.0 Å². The van der Waals surface area contributed by atoms with Gasteiger partial charge in [-0.1, -0.05) is 24.3 Å². The van der Waals surface area contributed by atoms with E-state index in [0.29, 0.717) is 17.8 Å². The molecule has 5 nitrogen and oxygen atoms in total. The van der Waals surface area contributed by atoms with Gasteiger partial charge >= 0.3 is 12.1 Å². The zero-order valence-electron chi connectivity index (χ0n) is 14.7. The smallest absolute Gasteiger partial charge is 0.416 e. The van der Waals surface area contributed by atoms with E-state index in [9.17, 15) is 18.0 Å². The highest BCUT2D eigenvalue weighted by atomic mass is 19.4. The summed E-state index contributed by atoms with van der Waals surface area (Å²) in [5.74, 6) is -0.977. The highest BCUT2D eigenvalue weighted by Gasteiger charge is 2.30. The Kier molecular flexibility index (Phi) is 5.79. The van der Waals surface area contributed by atoms with Crippen molar-refractivity contribution >= 4 is 5.97 Å². The van der Waals surface area contributed by atoms with Gasteiger partial charge in [-0.25, -0.2) is 9.78 Å². The van der Waals surface area contributed by atoms with Gasteiger partial charge in [0.15, 0.2) is 0 Å². The van der Waals surface area contributed by atoms with Crippen molar-refractivity contribution in [3.63, 3.8) is 0 Å². The Labute approximate surface area is 159 Å². The van der Waals surface area contributed by atoms with Gasteiger partial charge in [0, 0.05) is 12.7 Å². The van der Waals surface area contributed by atoms with Crippen LogP contribution in [0, 0.1) is 0 Å². The number of ether oxygens (including phenoxy) is 1. The highest BCUT2D eigenvalue weighted by molar-refractivity contribution is 5.87. The average Bonchev–Trinajstić information content (AvgIpc) is 3.09. The number of carboxylic acids is 1. The van der Waals surface area contributed by atoms with Crippen LogP contribution in [0.4, 0.5) is 13.2 Å². The fraction of sp³-hybridized carbons (Fsp3) is 0.200. The van der Waals surface area contributed by atoms with Gasteiger partial charge in [-0.15, -0.1) is 0 Å². The molecule has 3 aromatic rings. The second-order valence-electron chi connectivity index (χ2n) is 6.23. The minimum absolute atomic E-state index is 0.0490. The first kappa shape index (κ1) is 19.6. The zero-order chi connectivity index (χ0) is 20.1. The number of halogens is 3. The molecule has 146 valence electrons. The summed E-state index contributed by atoms with van der Waals surface area (Å²) in [5, 5.41) is 8.90. The Hall–Kier alpha value is -3.13. The molecule has 0 spiro atoms. The fourth-order valence-electron chi connectivity index (χ4n) is 2.64. The number of carbonyl (C=O) groups is 1. The number of imidazole rings is 1. The highest BCUT2D eigenvalue weighted by Crippen LogP contribution is 2.29. The van der Waals surface area contributed by atoms with Crippen molar-refractivity contribution in [2.24, 2.45) is 0 Å². The topological polar surface area (TPSA) is 64.3 Å². The third-order valence-electron chi connectivity index (χ3n) is 4.03. The van der Waals surface area contributed by atoms with Gasteiger partial charge in [-0.2, -0.15) is 13.2 Å². The number of rotatable bonds is 7. The molecule has 0 aliphatic heterocycles. The van der Waals surface area contributed by atoms with E-state index in [-0.39, 0.29) is 18.8 Å². The molecule has 3 rings (SSSR count). The molecule has 8 heteroatoms. The van der Waals surface area contributed by atoms with Crippen LogP contribution in [0.5, 0.6) is 0 Å². The van der Waals surface area contributed by atoms with E-state index < -0.39 is 17.7 Å². The van der Waals surface area contributed by atoms with Crippen LogP contribution >= 0.6 is 0 Å². The Balaban J connectivity index is 1.53. The SMILES string of the molecule is O=C(O)c1ccc(Cn2cnc(COCc3cccc(C(F)(F)F)c3)c2)cc1. The Bertz CT molecular complexity index is 950. The standard InChI is InChI=1S/C20H17F3N2O3/c21-20(22,23)17-3-1-2-15(8-17)11-28-12-18-10-25(13-24-18)9-14-4-6-16(7-5-14)19(26)27/h1-8,10,13H,9,11-12H2,(H,26,27). The van der Waals surface area contributed by atoms with Crippen LogP contribution in [-0.4, -0.2) is 20.6 Å². The summed E-state index contributed by atoms with van der Waals surface area (Å²) < 4.78 is 45.4. The van der Waals surface area contributed by atoms with Crippen LogP contribution in [0.15, 0.2) is 61.1 Å². The third-order valence-corrected chi connectivity index (χ3v) is 4.03. The first-order valence-electron chi connectivity index (χ1n) is 8.38. The second kappa shape index (κ2) is 8.26. The lowest BCUT2D eigenvalue weighted by Crippen LogP contribution is -2.05. The molecule has 0 saturated heterocycles. The van der Waals surface area contributed by atoms with Crippen LogP contribution in [0.2, 0.25) is 0 Å². The maximum Gasteiger partial charge on any atom is 0.416 e. The average molecular weight is 390 g/mol. The summed E-state index contributed by atoms with van der Waals surface area (Å²) >= 11 is 0. The van der Waals surface area contributed by atoms with Crippen molar-refractivity contribution in [2.45, 2.75) is 25.9 Å². The lowest BCUT2D eigenvalue weighted by molar-refractivity contribution is -0.137. The van der Waals surface area contributed by atoms with Crippen LogP contribution in [0.3, 0.4) is 0 Å². The lowest BCUT2D eigenvalue weighted by Gasteiger charge is -2.08. The van der Waals surface area contributed by atoms with E-state index in [0.717, 1.165) is 17.7 Å². The molecule has 1 N–H and O–H groups in total. The molecule has 28 heavy (non-hydrogen) atoms. The largest absolute Gasteiger partial charge is 0.478 e. The number of benzene rings is 2. The summed E-state index contributed by atoms with van der Waals surface area (Å²) in [5.41, 5.74) is 1.52. The van der Waals surface area contributed by atoms with E-state index in [1.54, 1.807) is 30.7 Å². The van der Waals surface area contributed by atoms with Gasteiger partial charge in [0.25, 0.3) is 0 Å². The molecule has 0 amide bonds. The van der Waals surface area contributed by atoms with Gasteiger partial charge in [0.1, 0.15) is 0 Å². The first-order chi connectivity index (χ1) is 13.3. The van der Waals surface area contributed by atoms with E-state index in [1.807, 2.05) is 4.57 Å².